The lowest BCUT2D eigenvalue weighted by atomic mass is 10.0. The molecular weight excluding hydrogens is 240 g/mol. The Labute approximate surface area is 112 Å². The first-order valence-corrected chi connectivity index (χ1v) is 6.63. The van der Waals surface area contributed by atoms with Crippen molar-refractivity contribution in [3.05, 3.63) is 36.0 Å². The standard InChI is InChI=1S/C15H18N2O2/c1-10-8-14(11-4-2-3-5-12(11)16-10)17-13-6-7-19-9-15(13)18/h2-5,8,13,15,18H,6-7,9H2,1H3,(H,16,17)/t13-,15-/m1/s1. The fourth-order valence-electron chi connectivity index (χ4n) is 2.52. The van der Waals surface area contributed by atoms with Gasteiger partial charge in [0.25, 0.3) is 0 Å². The van der Waals surface area contributed by atoms with Gasteiger partial charge < -0.3 is 15.2 Å². The molecule has 0 aliphatic carbocycles. The third-order valence-electron chi connectivity index (χ3n) is 3.51. The van der Waals surface area contributed by atoms with Gasteiger partial charge in [0.15, 0.2) is 0 Å². The summed E-state index contributed by atoms with van der Waals surface area (Å²) in [5.74, 6) is 0. The summed E-state index contributed by atoms with van der Waals surface area (Å²) in [5, 5.41) is 14.5. The van der Waals surface area contributed by atoms with Gasteiger partial charge in [0, 0.05) is 23.4 Å². The summed E-state index contributed by atoms with van der Waals surface area (Å²) >= 11 is 0. The Kier molecular flexibility index (Phi) is 3.36. The Bertz CT molecular complexity index is 585. The second-order valence-corrected chi connectivity index (χ2v) is 5.01. The lowest BCUT2D eigenvalue weighted by Gasteiger charge is -2.29. The Morgan fingerprint density at radius 2 is 2.21 bits per heavy atom. The molecule has 2 N–H and O–H groups in total. The smallest absolute Gasteiger partial charge is 0.0974 e. The fourth-order valence-corrected chi connectivity index (χ4v) is 2.52. The molecule has 100 valence electrons. The molecule has 2 atom stereocenters. The number of benzene rings is 1. The van der Waals surface area contributed by atoms with Gasteiger partial charge in [-0.15, -0.1) is 0 Å². The van der Waals surface area contributed by atoms with E-state index in [1.807, 2.05) is 31.2 Å². The molecule has 3 rings (SSSR count). The fraction of sp³-hybridized carbons (Fsp3) is 0.400. The molecule has 1 aromatic carbocycles. The van der Waals surface area contributed by atoms with Crippen molar-refractivity contribution >= 4 is 16.6 Å². The quantitative estimate of drug-likeness (QED) is 0.866. The number of aryl methyl sites for hydroxylation is 1. The van der Waals surface area contributed by atoms with Gasteiger partial charge >= 0.3 is 0 Å². The first kappa shape index (κ1) is 12.4. The number of hydrogen-bond donors (Lipinski definition) is 2. The molecule has 19 heavy (non-hydrogen) atoms. The highest BCUT2D eigenvalue weighted by Crippen LogP contribution is 2.25. The lowest BCUT2D eigenvalue weighted by Crippen LogP contribution is -2.41. The summed E-state index contributed by atoms with van der Waals surface area (Å²) in [6.45, 7) is 3.08. The molecule has 1 aliphatic rings. The maximum Gasteiger partial charge on any atom is 0.0974 e. The molecule has 4 nitrogen and oxygen atoms in total. The number of nitrogens with one attached hydrogen (secondary N) is 1. The number of para-hydroxylation sites is 1. The number of nitrogens with zero attached hydrogens (tertiary/aromatic N) is 1. The van der Waals surface area contributed by atoms with Crippen LogP contribution in [0.4, 0.5) is 5.69 Å². The van der Waals surface area contributed by atoms with E-state index in [2.05, 4.69) is 16.4 Å². The zero-order valence-corrected chi connectivity index (χ0v) is 11.0. The molecule has 0 amide bonds. The van der Waals surface area contributed by atoms with Gasteiger partial charge in [0.05, 0.1) is 24.3 Å². The number of aliphatic hydroxyl groups is 1. The van der Waals surface area contributed by atoms with Crippen molar-refractivity contribution in [3.63, 3.8) is 0 Å². The predicted octanol–water partition coefficient (Wildman–Crippen LogP) is 2.10. The van der Waals surface area contributed by atoms with E-state index in [9.17, 15) is 5.11 Å². The minimum atomic E-state index is -0.457. The second kappa shape index (κ2) is 5.15. The van der Waals surface area contributed by atoms with Gasteiger partial charge in [0.1, 0.15) is 0 Å². The van der Waals surface area contributed by atoms with E-state index in [1.54, 1.807) is 0 Å². The van der Waals surface area contributed by atoms with Gasteiger partial charge in [-0.25, -0.2) is 0 Å². The number of fused-ring (bicyclic) bond motifs is 1. The van der Waals surface area contributed by atoms with Crippen molar-refractivity contribution in [2.45, 2.75) is 25.5 Å². The van der Waals surface area contributed by atoms with E-state index < -0.39 is 6.10 Å². The zero-order valence-electron chi connectivity index (χ0n) is 11.0. The first-order chi connectivity index (χ1) is 9.24. The summed E-state index contributed by atoms with van der Waals surface area (Å²) in [6.07, 6.45) is 0.359. The van der Waals surface area contributed by atoms with Crippen LogP contribution in [0.3, 0.4) is 0 Å². The maximum atomic E-state index is 9.97. The van der Waals surface area contributed by atoms with Gasteiger partial charge in [-0.2, -0.15) is 0 Å². The molecule has 0 saturated carbocycles. The van der Waals surface area contributed by atoms with Crippen LogP contribution in [0.2, 0.25) is 0 Å². The largest absolute Gasteiger partial charge is 0.389 e. The summed E-state index contributed by atoms with van der Waals surface area (Å²) in [6, 6.07) is 10.1. The Morgan fingerprint density at radius 1 is 1.37 bits per heavy atom. The van der Waals surface area contributed by atoms with Crippen LogP contribution < -0.4 is 5.32 Å². The number of ether oxygens (including phenoxy) is 1. The summed E-state index contributed by atoms with van der Waals surface area (Å²) in [7, 11) is 0. The molecule has 1 saturated heterocycles. The van der Waals surface area contributed by atoms with Gasteiger partial charge in [0.2, 0.25) is 0 Å². The van der Waals surface area contributed by atoms with E-state index in [4.69, 9.17) is 4.74 Å². The van der Waals surface area contributed by atoms with Crippen LogP contribution in [0.25, 0.3) is 10.9 Å². The van der Waals surface area contributed by atoms with E-state index >= 15 is 0 Å². The average molecular weight is 258 g/mol. The molecule has 2 heterocycles. The van der Waals surface area contributed by atoms with Crippen LogP contribution in [0, 0.1) is 6.92 Å². The normalized spacial score (nSPS) is 23.5. The topological polar surface area (TPSA) is 54.4 Å². The second-order valence-electron chi connectivity index (χ2n) is 5.01. The van der Waals surface area contributed by atoms with Crippen LogP contribution in [0.5, 0.6) is 0 Å². The number of aromatic nitrogens is 1. The highest BCUT2D eigenvalue weighted by molar-refractivity contribution is 5.91. The minimum absolute atomic E-state index is 0.0407. The molecular formula is C15H18N2O2. The van der Waals surface area contributed by atoms with E-state index in [0.29, 0.717) is 13.2 Å². The number of rotatable bonds is 2. The van der Waals surface area contributed by atoms with E-state index in [1.165, 1.54) is 0 Å². The van der Waals surface area contributed by atoms with Crippen LogP contribution in [0.1, 0.15) is 12.1 Å². The van der Waals surface area contributed by atoms with Crippen LogP contribution in [-0.4, -0.2) is 35.5 Å². The lowest BCUT2D eigenvalue weighted by molar-refractivity contribution is -0.0134. The Morgan fingerprint density at radius 3 is 3.05 bits per heavy atom. The molecule has 1 fully saturated rings. The molecule has 1 aromatic heterocycles. The SMILES string of the molecule is Cc1cc(N[C@@H]2CCOC[C@H]2O)c2ccccc2n1. The van der Waals surface area contributed by atoms with Gasteiger partial charge in [-0.1, -0.05) is 18.2 Å². The van der Waals surface area contributed by atoms with Crippen molar-refractivity contribution in [2.75, 3.05) is 18.5 Å². The molecule has 0 radical (unpaired) electrons. The summed E-state index contributed by atoms with van der Waals surface area (Å²) in [5.41, 5.74) is 2.99. The van der Waals surface area contributed by atoms with Crippen molar-refractivity contribution in [2.24, 2.45) is 0 Å². The summed E-state index contributed by atoms with van der Waals surface area (Å²) < 4.78 is 5.26. The van der Waals surface area contributed by atoms with Crippen molar-refractivity contribution in [1.29, 1.82) is 0 Å². The third-order valence-corrected chi connectivity index (χ3v) is 3.51. The predicted molar refractivity (Wildman–Crippen MR) is 75.3 cm³/mol. The Balaban J connectivity index is 1.95. The van der Waals surface area contributed by atoms with Crippen LogP contribution >= 0.6 is 0 Å². The first-order valence-electron chi connectivity index (χ1n) is 6.63. The maximum absolute atomic E-state index is 9.97. The highest BCUT2D eigenvalue weighted by Gasteiger charge is 2.23. The van der Waals surface area contributed by atoms with Crippen molar-refractivity contribution in [1.82, 2.24) is 4.98 Å². The highest BCUT2D eigenvalue weighted by atomic mass is 16.5. The van der Waals surface area contributed by atoms with Crippen LogP contribution in [-0.2, 0) is 4.74 Å². The van der Waals surface area contributed by atoms with Crippen molar-refractivity contribution < 1.29 is 9.84 Å². The monoisotopic (exact) mass is 258 g/mol. The van der Waals surface area contributed by atoms with Gasteiger partial charge in [-0.3, -0.25) is 4.98 Å². The summed E-state index contributed by atoms with van der Waals surface area (Å²) in [4.78, 5) is 4.52. The molecule has 0 unspecified atom stereocenters. The number of hydrogen-bond acceptors (Lipinski definition) is 4. The minimum Gasteiger partial charge on any atom is -0.389 e. The molecule has 0 spiro atoms. The van der Waals surface area contributed by atoms with Crippen LogP contribution in [0.15, 0.2) is 30.3 Å². The third kappa shape index (κ3) is 2.55. The number of anilines is 1. The van der Waals surface area contributed by atoms with E-state index in [-0.39, 0.29) is 6.04 Å². The van der Waals surface area contributed by atoms with E-state index in [0.717, 1.165) is 28.7 Å². The van der Waals surface area contributed by atoms with Crippen molar-refractivity contribution in [3.8, 4) is 0 Å². The van der Waals surface area contributed by atoms with Gasteiger partial charge in [-0.05, 0) is 25.5 Å². The Hall–Kier alpha value is -1.65. The number of aliphatic hydroxyl groups excluding tert-OH is 1. The average Bonchev–Trinajstić information content (AvgIpc) is 2.41. The zero-order chi connectivity index (χ0) is 13.2. The molecule has 1 aliphatic heterocycles. The molecule has 4 heteroatoms. The molecule has 2 aromatic rings. The molecule has 0 bridgehead atoms. The number of pyridine rings is 1.